The van der Waals surface area contributed by atoms with Crippen molar-refractivity contribution >= 4 is 34.3 Å². The number of aromatic nitrogens is 3. The van der Waals surface area contributed by atoms with Crippen molar-refractivity contribution in [3.8, 4) is 0 Å². The molecule has 0 saturated heterocycles. The van der Waals surface area contributed by atoms with Gasteiger partial charge < -0.3 is 10.2 Å². The second-order valence-corrected chi connectivity index (χ2v) is 6.78. The summed E-state index contributed by atoms with van der Waals surface area (Å²) in [4.78, 5) is 24.8. The van der Waals surface area contributed by atoms with Crippen LogP contribution in [0.4, 0.5) is 10.9 Å². The minimum atomic E-state index is 0.675. The topological polar surface area (TPSA) is 78.7 Å². The summed E-state index contributed by atoms with van der Waals surface area (Å²) in [6.45, 7) is 3.50. The molecule has 0 aliphatic carbocycles. The van der Waals surface area contributed by atoms with Crippen LogP contribution in [0.1, 0.15) is 17.5 Å². The van der Waals surface area contributed by atoms with Gasteiger partial charge in [-0.15, -0.1) is 0 Å². The summed E-state index contributed by atoms with van der Waals surface area (Å²) in [6.07, 6.45) is 8.95. The average Bonchev–Trinajstić information content (AvgIpc) is 2.89. The number of aliphatic imine (C=N–C) groups is 2. The second-order valence-electron chi connectivity index (χ2n) is 5.75. The van der Waals surface area contributed by atoms with E-state index in [1.807, 2.05) is 33.3 Å². The fourth-order valence-corrected chi connectivity index (χ4v) is 2.91. The van der Waals surface area contributed by atoms with Crippen LogP contribution in [0.15, 0.2) is 40.2 Å². The predicted molar refractivity (Wildman–Crippen MR) is 98.5 cm³/mol. The summed E-state index contributed by atoms with van der Waals surface area (Å²) < 4.78 is 0. The van der Waals surface area contributed by atoms with E-state index in [4.69, 9.17) is 0 Å². The largest absolute Gasteiger partial charge is 0.315 e. The zero-order valence-electron chi connectivity index (χ0n) is 13.9. The third-order valence-electron chi connectivity index (χ3n) is 3.18. The number of allylic oxidation sites excluding steroid dienone is 1. The van der Waals surface area contributed by atoms with Crippen LogP contribution in [0.3, 0.4) is 0 Å². The highest BCUT2D eigenvalue weighted by atomic mass is 32.1. The van der Waals surface area contributed by atoms with Gasteiger partial charge in [0.15, 0.2) is 10.9 Å². The van der Waals surface area contributed by atoms with Crippen LogP contribution in [0, 0.1) is 0 Å². The van der Waals surface area contributed by atoms with Crippen molar-refractivity contribution in [3.05, 3.63) is 40.8 Å². The number of anilines is 2. The average molecular weight is 341 g/mol. The molecule has 1 aliphatic rings. The second kappa shape index (κ2) is 7.41. The predicted octanol–water partition coefficient (Wildman–Crippen LogP) is 2.52. The van der Waals surface area contributed by atoms with Crippen molar-refractivity contribution in [1.29, 1.82) is 0 Å². The quantitative estimate of drug-likeness (QED) is 0.904. The summed E-state index contributed by atoms with van der Waals surface area (Å²) in [5.41, 5.74) is 2.98. The fourth-order valence-electron chi connectivity index (χ4n) is 2.12. The van der Waals surface area contributed by atoms with Crippen molar-refractivity contribution in [2.45, 2.75) is 13.5 Å². The minimum Gasteiger partial charge on any atom is -0.315 e. The van der Waals surface area contributed by atoms with Crippen LogP contribution < -0.4 is 5.32 Å². The summed E-state index contributed by atoms with van der Waals surface area (Å²) >= 11 is 1.53. The molecule has 0 amide bonds. The number of hydrogen-bond donors (Lipinski definition) is 1. The van der Waals surface area contributed by atoms with E-state index < -0.39 is 0 Å². The summed E-state index contributed by atoms with van der Waals surface area (Å²) in [5.74, 6) is 0.675. The van der Waals surface area contributed by atoms with E-state index in [-0.39, 0.29) is 0 Å². The molecular weight excluding hydrogens is 322 g/mol. The van der Waals surface area contributed by atoms with Crippen molar-refractivity contribution in [1.82, 2.24) is 19.9 Å². The zero-order valence-corrected chi connectivity index (χ0v) is 14.7. The first-order valence-electron chi connectivity index (χ1n) is 7.52. The molecule has 0 aromatic carbocycles. The molecule has 0 saturated carbocycles. The van der Waals surface area contributed by atoms with Gasteiger partial charge >= 0.3 is 0 Å². The van der Waals surface area contributed by atoms with Gasteiger partial charge in [-0.05, 0) is 32.7 Å². The molecule has 3 heterocycles. The highest BCUT2D eigenvalue weighted by Gasteiger charge is 2.09. The molecule has 2 aromatic heterocycles. The third kappa shape index (κ3) is 4.30. The van der Waals surface area contributed by atoms with E-state index >= 15 is 0 Å². The van der Waals surface area contributed by atoms with Crippen molar-refractivity contribution in [2.24, 2.45) is 9.98 Å². The zero-order chi connectivity index (χ0) is 16.9. The van der Waals surface area contributed by atoms with E-state index in [2.05, 4.69) is 35.2 Å². The van der Waals surface area contributed by atoms with Gasteiger partial charge in [-0.3, -0.25) is 9.98 Å². The molecule has 1 N–H and O–H groups in total. The Morgan fingerprint density at radius 3 is 2.79 bits per heavy atom. The number of hydrogen-bond acceptors (Lipinski definition) is 8. The molecule has 0 fully saturated rings. The normalized spacial score (nSPS) is 14.3. The van der Waals surface area contributed by atoms with Crippen molar-refractivity contribution in [2.75, 3.05) is 26.0 Å². The Morgan fingerprint density at radius 2 is 2.04 bits per heavy atom. The highest BCUT2D eigenvalue weighted by Crippen LogP contribution is 2.23. The van der Waals surface area contributed by atoms with Gasteiger partial charge in [0.25, 0.3) is 0 Å². The van der Waals surface area contributed by atoms with Crippen LogP contribution in [-0.2, 0) is 6.54 Å². The lowest BCUT2D eigenvalue weighted by atomic mass is 10.2. The molecule has 0 unspecified atom stereocenters. The Bertz CT molecular complexity index is 787. The van der Waals surface area contributed by atoms with Crippen molar-refractivity contribution in [3.63, 3.8) is 0 Å². The Balaban J connectivity index is 1.71. The van der Waals surface area contributed by atoms with Gasteiger partial charge in [0.05, 0.1) is 35.2 Å². The summed E-state index contributed by atoms with van der Waals surface area (Å²) in [7, 11) is 4.00. The molecule has 3 rings (SSSR count). The van der Waals surface area contributed by atoms with E-state index in [0.29, 0.717) is 12.4 Å². The maximum atomic E-state index is 4.39. The van der Waals surface area contributed by atoms with Crippen LogP contribution >= 0.6 is 11.3 Å². The first-order chi connectivity index (χ1) is 11.6. The van der Waals surface area contributed by atoms with Crippen LogP contribution in [0.2, 0.25) is 0 Å². The third-order valence-corrected chi connectivity index (χ3v) is 4.11. The molecule has 0 radical (unpaired) electrons. The van der Waals surface area contributed by atoms with E-state index in [1.54, 1.807) is 18.7 Å². The Hall–Kier alpha value is -2.45. The van der Waals surface area contributed by atoms with Crippen LogP contribution in [0.5, 0.6) is 0 Å². The van der Waals surface area contributed by atoms with E-state index in [9.17, 15) is 0 Å². The fraction of sp³-hybridized carbons (Fsp3) is 0.312. The molecule has 0 spiro atoms. The summed E-state index contributed by atoms with van der Waals surface area (Å²) in [6, 6.07) is 0. The lowest BCUT2D eigenvalue weighted by Crippen LogP contribution is -2.12. The molecule has 0 atom stereocenters. The Morgan fingerprint density at radius 1 is 1.17 bits per heavy atom. The highest BCUT2D eigenvalue weighted by molar-refractivity contribution is 7.17. The van der Waals surface area contributed by atoms with Gasteiger partial charge in [0, 0.05) is 12.7 Å². The molecule has 7 nitrogen and oxygen atoms in total. The number of thiazole rings is 1. The molecule has 8 heteroatoms. The summed E-state index contributed by atoms with van der Waals surface area (Å²) in [5, 5.41) is 3.94. The Kier molecular flexibility index (Phi) is 5.07. The maximum absolute atomic E-state index is 4.39. The lowest BCUT2D eigenvalue weighted by molar-refractivity contribution is 0.396. The van der Waals surface area contributed by atoms with Gasteiger partial charge in [-0.25, -0.2) is 15.0 Å². The standard InChI is InChI=1S/C16H19N7S/c1-11-4-13(21-10-17-5-11)14-7-20-16(24-14)22-15-8-18-12(6-19-15)9-23(2)3/h4,6-8,10H,5,9H2,1-3H3,(H,19,20,22). The van der Waals surface area contributed by atoms with E-state index in [0.717, 1.165) is 28.0 Å². The van der Waals surface area contributed by atoms with Crippen LogP contribution in [0.25, 0.3) is 0 Å². The van der Waals surface area contributed by atoms with Gasteiger partial charge in [0.2, 0.25) is 0 Å². The molecule has 1 aliphatic heterocycles. The lowest BCUT2D eigenvalue weighted by Gasteiger charge is -2.08. The Labute approximate surface area is 144 Å². The first-order valence-corrected chi connectivity index (χ1v) is 8.34. The van der Waals surface area contributed by atoms with Gasteiger partial charge in [-0.1, -0.05) is 11.3 Å². The van der Waals surface area contributed by atoms with Crippen molar-refractivity contribution < 1.29 is 0 Å². The molecule has 0 bridgehead atoms. The first kappa shape index (κ1) is 16.4. The molecular formula is C16H19N7S. The van der Waals surface area contributed by atoms with Gasteiger partial charge in [-0.2, -0.15) is 0 Å². The number of nitrogens with one attached hydrogen (secondary N) is 1. The number of rotatable bonds is 5. The number of nitrogens with zero attached hydrogens (tertiary/aromatic N) is 6. The smallest absolute Gasteiger partial charge is 0.188 e. The maximum Gasteiger partial charge on any atom is 0.188 e. The minimum absolute atomic E-state index is 0.675. The van der Waals surface area contributed by atoms with Gasteiger partial charge in [0.1, 0.15) is 6.34 Å². The van der Waals surface area contributed by atoms with Crippen LogP contribution in [-0.4, -0.2) is 52.5 Å². The molecule has 2 aromatic rings. The molecule has 124 valence electrons. The van der Waals surface area contributed by atoms with E-state index in [1.165, 1.54) is 16.9 Å². The molecule has 24 heavy (non-hydrogen) atoms. The SMILES string of the molecule is CC1=CC(c2cnc(Nc3cnc(CN(C)C)cn3)s2)=NC=NC1. The monoisotopic (exact) mass is 341 g/mol.